The van der Waals surface area contributed by atoms with Gasteiger partial charge in [0.1, 0.15) is 10.3 Å². The number of nitrogens with one attached hydrogen (secondary N) is 1. The fourth-order valence-electron chi connectivity index (χ4n) is 1.98. The second kappa shape index (κ2) is 6.76. The van der Waals surface area contributed by atoms with Gasteiger partial charge in [-0.25, -0.2) is 4.98 Å². The Labute approximate surface area is 131 Å². The highest BCUT2D eigenvalue weighted by atomic mass is 79.9. The van der Waals surface area contributed by atoms with Crippen LogP contribution in [0, 0.1) is 0 Å². The summed E-state index contributed by atoms with van der Waals surface area (Å²) in [6.45, 7) is 4.32. The number of aryl methyl sites for hydroxylation is 1. The Morgan fingerprint density at radius 3 is 2.81 bits per heavy atom. The van der Waals surface area contributed by atoms with Crippen LogP contribution in [0.1, 0.15) is 26.0 Å². The highest BCUT2D eigenvalue weighted by Gasteiger charge is 2.12. The summed E-state index contributed by atoms with van der Waals surface area (Å²) in [7, 11) is 0. The van der Waals surface area contributed by atoms with E-state index in [2.05, 4.69) is 25.9 Å². The number of rotatable bonds is 5. The lowest BCUT2D eigenvalue weighted by Crippen LogP contribution is -2.13. The van der Waals surface area contributed by atoms with Crippen LogP contribution in [-0.4, -0.2) is 21.7 Å². The van der Waals surface area contributed by atoms with E-state index in [-0.39, 0.29) is 11.3 Å². The Kier molecular flexibility index (Phi) is 5.01. The smallest absolute Gasteiger partial charge is 0.265 e. The SMILES string of the molecule is CCCc1nc(-c2ccc(O)c(OCC)c2)[nH]c(=O)c1Br. The van der Waals surface area contributed by atoms with E-state index in [1.165, 1.54) is 6.07 Å². The summed E-state index contributed by atoms with van der Waals surface area (Å²) in [6, 6.07) is 4.89. The Hall–Kier alpha value is -1.82. The van der Waals surface area contributed by atoms with Crippen molar-refractivity contribution in [3.63, 3.8) is 0 Å². The van der Waals surface area contributed by atoms with Crippen molar-refractivity contribution < 1.29 is 9.84 Å². The van der Waals surface area contributed by atoms with Gasteiger partial charge in [0, 0.05) is 5.56 Å². The quantitative estimate of drug-likeness (QED) is 0.865. The third kappa shape index (κ3) is 3.44. The average Bonchev–Trinajstić information content (AvgIpc) is 2.46. The van der Waals surface area contributed by atoms with Crippen LogP contribution in [-0.2, 0) is 6.42 Å². The van der Waals surface area contributed by atoms with Crippen molar-refractivity contribution in [3.8, 4) is 22.9 Å². The summed E-state index contributed by atoms with van der Waals surface area (Å²) in [5, 5.41) is 9.73. The minimum atomic E-state index is -0.213. The minimum Gasteiger partial charge on any atom is -0.504 e. The van der Waals surface area contributed by atoms with Crippen LogP contribution >= 0.6 is 15.9 Å². The lowest BCUT2D eigenvalue weighted by molar-refractivity contribution is 0.318. The number of aromatic hydroxyl groups is 1. The summed E-state index contributed by atoms with van der Waals surface area (Å²) in [5.74, 6) is 0.902. The molecule has 1 heterocycles. The van der Waals surface area contributed by atoms with Crippen molar-refractivity contribution in [2.75, 3.05) is 6.61 Å². The molecule has 0 atom stereocenters. The molecule has 2 N–H and O–H groups in total. The van der Waals surface area contributed by atoms with E-state index in [9.17, 15) is 9.90 Å². The number of nitrogens with zero attached hydrogens (tertiary/aromatic N) is 1. The molecule has 0 amide bonds. The zero-order valence-corrected chi connectivity index (χ0v) is 13.5. The number of benzene rings is 1. The second-order valence-electron chi connectivity index (χ2n) is 4.54. The van der Waals surface area contributed by atoms with E-state index in [4.69, 9.17) is 4.74 Å². The number of phenols is 1. The van der Waals surface area contributed by atoms with E-state index >= 15 is 0 Å². The normalized spacial score (nSPS) is 10.6. The molecule has 0 saturated carbocycles. The van der Waals surface area contributed by atoms with Crippen molar-refractivity contribution in [1.82, 2.24) is 9.97 Å². The van der Waals surface area contributed by atoms with Crippen LogP contribution in [0.3, 0.4) is 0 Å². The standard InChI is InChI=1S/C15H17BrN2O3/c1-3-5-10-13(16)15(20)18-14(17-10)9-6-7-11(19)12(8-9)21-4-2/h6-8,19H,3-5H2,1-2H3,(H,17,18,20). The Morgan fingerprint density at radius 1 is 1.38 bits per heavy atom. The predicted molar refractivity (Wildman–Crippen MR) is 84.8 cm³/mol. The van der Waals surface area contributed by atoms with E-state index in [1.54, 1.807) is 12.1 Å². The van der Waals surface area contributed by atoms with E-state index < -0.39 is 0 Å². The molecule has 1 aromatic carbocycles. The van der Waals surface area contributed by atoms with Crippen LogP contribution < -0.4 is 10.3 Å². The fourth-order valence-corrected chi connectivity index (χ4v) is 2.36. The predicted octanol–water partition coefficient (Wildman–Crippen LogP) is 3.26. The molecule has 0 aliphatic carbocycles. The van der Waals surface area contributed by atoms with Gasteiger partial charge < -0.3 is 14.8 Å². The van der Waals surface area contributed by atoms with E-state index in [1.807, 2.05) is 13.8 Å². The zero-order valence-electron chi connectivity index (χ0n) is 11.9. The van der Waals surface area contributed by atoms with Crippen molar-refractivity contribution in [3.05, 3.63) is 38.7 Å². The molecule has 5 nitrogen and oxygen atoms in total. The summed E-state index contributed by atoms with van der Waals surface area (Å²) in [4.78, 5) is 19.2. The molecule has 0 unspecified atom stereocenters. The number of halogens is 1. The van der Waals surface area contributed by atoms with Gasteiger partial charge in [0.15, 0.2) is 11.5 Å². The summed E-state index contributed by atoms with van der Waals surface area (Å²) < 4.78 is 5.82. The number of hydrogen-bond acceptors (Lipinski definition) is 4. The maximum absolute atomic E-state index is 12.0. The topological polar surface area (TPSA) is 75.2 Å². The molecular formula is C15H17BrN2O3. The molecule has 0 saturated heterocycles. The number of phenolic OH excluding ortho intramolecular Hbond substituents is 1. The molecule has 2 aromatic rings. The lowest BCUT2D eigenvalue weighted by atomic mass is 10.1. The van der Waals surface area contributed by atoms with Gasteiger partial charge >= 0.3 is 0 Å². The Morgan fingerprint density at radius 2 is 2.14 bits per heavy atom. The molecule has 21 heavy (non-hydrogen) atoms. The monoisotopic (exact) mass is 352 g/mol. The van der Waals surface area contributed by atoms with Crippen molar-refractivity contribution in [1.29, 1.82) is 0 Å². The van der Waals surface area contributed by atoms with Crippen LogP contribution in [0.25, 0.3) is 11.4 Å². The highest BCUT2D eigenvalue weighted by molar-refractivity contribution is 9.10. The number of aromatic nitrogens is 2. The molecular weight excluding hydrogens is 336 g/mol. The van der Waals surface area contributed by atoms with Gasteiger partial charge in [-0.1, -0.05) is 13.3 Å². The number of H-pyrrole nitrogens is 1. The van der Waals surface area contributed by atoms with Gasteiger partial charge in [0.05, 0.1) is 12.3 Å². The summed E-state index contributed by atoms with van der Waals surface area (Å²) in [6.07, 6.45) is 1.61. The van der Waals surface area contributed by atoms with E-state index in [0.717, 1.165) is 12.1 Å². The first-order chi connectivity index (χ1) is 10.1. The van der Waals surface area contributed by atoms with Crippen molar-refractivity contribution in [2.24, 2.45) is 0 Å². The first-order valence-corrected chi connectivity index (χ1v) is 7.61. The molecule has 6 heteroatoms. The van der Waals surface area contributed by atoms with Gasteiger partial charge in [-0.3, -0.25) is 4.79 Å². The largest absolute Gasteiger partial charge is 0.504 e. The highest BCUT2D eigenvalue weighted by Crippen LogP contribution is 2.30. The van der Waals surface area contributed by atoms with Crippen LogP contribution in [0.5, 0.6) is 11.5 Å². The average molecular weight is 353 g/mol. The van der Waals surface area contributed by atoms with Crippen molar-refractivity contribution >= 4 is 15.9 Å². The molecule has 0 spiro atoms. The lowest BCUT2D eigenvalue weighted by Gasteiger charge is -2.09. The third-order valence-electron chi connectivity index (χ3n) is 2.95. The summed E-state index contributed by atoms with van der Waals surface area (Å²) in [5.41, 5.74) is 1.20. The van der Waals surface area contributed by atoms with Crippen LogP contribution in [0.2, 0.25) is 0 Å². The molecule has 112 valence electrons. The molecule has 0 bridgehead atoms. The van der Waals surface area contributed by atoms with Crippen LogP contribution in [0.4, 0.5) is 0 Å². The molecule has 0 fully saturated rings. The van der Waals surface area contributed by atoms with Gasteiger partial charge in [0.25, 0.3) is 5.56 Å². The summed E-state index contributed by atoms with van der Waals surface area (Å²) >= 11 is 3.27. The molecule has 0 aliphatic heterocycles. The maximum Gasteiger partial charge on any atom is 0.265 e. The van der Waals surface area contributed by atoms with Crippen molar-refractivity contribution in [2.45, 2.75) is 26.7 Å². The molecule has 1 aromatic heterocycles. The Balaban J connectivity index is 2.51. The Bertz CT molecular complexity index is 698. The van der Waals surface area contributed by atoms with Gasteiger partial charge in [-0.2, -0.15) is 0 Å². The third-order valence-corrected chi connectivity index (χ3v) is 3.77. The minimum absolute atomic E-state index is 0.0637. The van der Waals surface area contributed by atoms with Gasteiger partial charge in [0.2, 0.25) is 0 Å². The van der Waals surface area contributed by atoms with E-state index in [0.29, 0.717) is 34.6 Å². The maximum atomic E-state index is 12.0. The number of aromatic amines is 1. The number of ether oxygens (including phenoxy) is 1. The molecule has 0 aliphatic rings. The molecule has 0 radical (unpaired) electrons. The first kappa shape index (κ1) is 15.6. The van der Waals surface area contributed by atoms with Gasteiger partial charge in [-0.05, 0) is 47.5 Å². The zero-order chi connectivity index (χ0) is 15.4. The first-order valence-electron chi connectivity index (χ1n) is 6.81. The number of hydrogen-bond donors (Lipinski definition) is 2. The second-order valence-corrected chi connectivity index (χ2v) is 5.33. The fraction of sp³-hybridized carbons (Fsp3) is 0.333. The van der Waals surface area contributed by atoms with Crippen LogP contribution in [0.15, 0.2) is 27.5 Å². The van der Waals surface area contributed by atoms with Gasteiger partial charge in [-0.15, -0.1) is 0 Å². The molecule has 2 rings (SSSR count).